The van der Waals surface area contributed by atoms with Crippen LogP contribution in [0.1, 0.15) is 50.5 Å². The maximum absolute atomic E-state index is 12.3. The minimum absolute atomic E-state index is 0.0398. The summed E-state index contributed by atoms with van der Waals surface area (Å²) in [5.41, 5.74) is 1.80. The number of aliphatic imine (C=N–C) groups is 1. The Morgan fingerprint density at radius 2 is 1.70 bits per heavy atom. The zero-order valence-electron chi connectivity index (χ0n) is 15.2. The van der Waals surface area contributed by atoms with E-state index < -0.39 is 0 Å². The molecular formula is C18H30N4O. The predicted molar refractivity (Wildman–Crippen MR) is 96.8 cm³/mol. The lowest BCUT2D eigenvalue weighted by molar-refractivity contribution is 0.0773. The van der Waals surface area contributed by atoms with Crippen molar-refractivity contribution in [2.24, 2.45) is 4.99 Å². The highest BCUT2D eigenvalue weighted by atomic mass is 16.2. The van der Waals surface area contributed by atoms with Crippen molar-refractivity contribution in [1.29, 1.82) is 0 Å². The molecule has 0 aromatic heterocycles. The van der Waals surface area contributed by atoms with Crippen LogP contribution in [0.25, 0.3) is 0 Å². The van der Waals surface area contributed by atoms with Gasteiger partial charge < -0.3 is 15.5 Å². The zero-order chi connectivity index (χ0) is 17.5. The van der Waals surface area contributed by atoms with E-state index in [1.165, 1.54) is 0 Å². The summed E-state index contributed by atoms with van der Waals surface area (Å²) in [5, 5.41) is 6.59. The highest BCUT2D eigenvalue weighted by molar-refractivity contribution is 5.94. The minimum Gasteiger partial charge on any atom is -0.352 e. The van der Waals surface area contributed by atoms with E-state index >= 15 is 0 Å². The average Bonchev–Trinajstić information content (AvgIpc) is 2.52. The van der Waals surface area contributed by atoms with Gasteiger partial charge in [0.2, 0.25) is 0 Å². The Kier molecular flexibility index (Phi) is 7.07. The van der Waals surface area contributed by atoms with E-state index in [1.54, 1.807) is 7.05 Å². The Bertz CT molecular complexity index is 525. The molecule has 1 aromatic carbocycles. The van der Waals surface area contributed by atoms with Crippen LogP contribution in [-0.4, -0.2) is 42.4 Å². The molecule has 0 unspecified atom stereocenters. The number of hydrogen-bond acceptors (Lipinski definition) is 2. The largest absolute Gasteiger partial charge is 0.352 e. The van der Waals surface area contributed by atoms with E-state index in [9.17, 15) is 4.79 Å². The number of guanidine groups is 1. The van der Waals surface area contributed by atoms with Crippen LogP contribution >= 0.6 is 0 Å². The SMILES string of the molecule is CCN(CC)C(=O)c1ccc(CNC(=NC)NC(C)(C)C)cc1. The molecule has 0 radical (unpaired) electrons. The van der Waals surface area contributed by atoms with E-state index in [2.05, 4.69) is 36.4 Å². The van der Waals surface area contributed by atoms with E-state index in [1.807, 2.05) is 43.0 Å². The molecule has 0 saturated carbocycles. The molecule has 0 saturated heterocycles. The molecule has 0 spiro atoms. The normalized spacial score (nSPS) is 12.0. The van der Waals surface area contributed by atoms with E-state index in [0.29, 0.717) is 6.54 Å². The number of rotatable bonds is 5. The summed E-state index contributed by atoms with van der Waals surface area (Å²) in [5.74, 6) is 0.848. The van der Waals surface area contributed by atoms with Gasteiger partial charge in [0.05, 0.1) is 0 Å². The smallest absolute Gasteiger partial charge is 0.253 e. The summed E-state index contributed by atoms with van der Waals surface area (Å²) in [7, 11) is 1.76. The highest BCUT2D eigenvalue weighted by Gasteiger charge is 2.13. The Balaban J connectivity index is 2.66. The Hall–Kier alpha value is -2.04. The van der Waals surface area contributed by atoms with Crippen LogP contribution in [0, 0.1) is 0 Å². The number of hydrogen-bond donors (Lipinski definition) is 2. The lowest BCUT2D eigenvalue weighted by atomic mass is 10.1. The Labute approximate surface area is 140 Å². The van der Waals surface area contributed by atoms with Gasteiger partial charge in [-0.15, -0.1) is 0 Å². The lowest BCUT2D eigenvalue weighted by Gasteiger charge is -2.23. The molecule has 128 valence electrons. The van der Waals surface area contributed by atoms with Crippen molar-refractivity contribution in [2.75, 3.05) is 20.1 Å². The molecule has 0 atom stereocenters. The molecule has 0 bridgehead atoms. The second-order valence-electron chi connectivity index (χ2n) is 6.48. The first-order valence-corrected chi connectivity index (χ1v) is 8.17. The summed E-state index contributed by atoms with van der Waals surface area (Å²) < 4.78 is 0. The fourth-order valence-electron chi connectivity index (χ4n) is 2.18. The molecule has 1 rings (SSSR count). The number of benzene rings is 1. The van der Waals surface area contributed by atoms with Gasteiger partial charge in [0, 0.05) is 37.8 Å². The van der Waals surface area contributed by atoms with Gasteiger partial charge >= 0.3 is 0 Å². The quantitative estimate of drug-likeness (QED) is 0.648. The topological polar surface area (TPSA) is 56.7 Å². The molecular weight excluding hydrogens is 288 g/mol. The Morgan fingerprint density at radius 1 is 1.13 bits per heavy atom. The molecule has 1 aromatic rings. The molecule has 0 aliphatic rings. The standard InChI is InChI=1S/C18H30N4O/c1-7-22(8-2)16(23)15-11-9-14(10-12-15)13-20-17(19-6)21-18(3,4)5/h9-12H,7-8,13H2,1-6H3,(H2,19,20,21). The molecule has 0 aliphatic carbocycles. The first-order chi connectivity index (χ1) is 10.8. The van der Waals surface area contributed by atoms with Gasteiger partial charge in [-0.25, -0.2) is 0 Å². The first-order valence-electron chi connectivity index (χ1n) is 8.17. The molecule has 2 N–H and O–H groups in total. The molecule has 0 heterocycles. The van der Waals surface area contributed by atoms with Crippen LogP contribution in [0.4, 0.5) is 0 Å². The van der Waals surface area contributed by atoms with Crippen LogP contribution in [0.3, 0.4) is 0 Å². The van der Waals surface area contributed by atoms with Crippen molar-refractivity contribution in [3.05, 3.63) is 35.4 Å². The Morgan fingerprint density at radius 3 is 2.13 bits per heavy atom. The van der Waals surface area contributed by atoms with Crippen molar-refractivity contribution in [3.8, 4) is 0 Å². The van der Waals surface area contributed by atoms with Crippen molar-refractivity contribution in [2.45, 2.75) is 46.7 Å². The summed E-state index contributed by atoms with van der Waals surface area (Å²) >= 11 is 0. The molecule has 23 heavy (non-hydrogen) atoms. The third kappa shape index (κ3) is 6.30. The van der Waals surface area contributed by atoms with Crippen molar-refractivity contribution < 1.29 is 4.79 Å². The number of nitrogens with one attached hydrogen (secondary N) is 2. The maximum Gasteiger partial charge on any atom is 0.253 e. The number of carbonyl (C=O) groups is 1. The van der Waals surface area contributed by atoms with Crippen LogP contribution in [-0.2, 0) is 6.54 Å². The van der Waals surface area contributed by atoms with Crippen molar-refractivity contribution >= 4 is 11.9 Å². The average molecular weight is 318 g/mol. The van der Waals surface area contributed by atoms with Gasteiger partial charge in [0.1, 0.15) is 0 Å². The van der Waals surface area contributed by atoms with Crippen molar-refractivity contribution in [1.82, 2.24) is 15.5 Å². The lowest BCUT2D eigenvalue weighted by Crippen LogP contribution is -2.47. The third-order valence-corrected chi connectivity index (χ3v) is 3.43. The molecule has 5 nitrogen and oxygen atoms in total. The second-order valence-corrected chi connectivity index (χ2v) is 6.48. The highest BCUT2D eigenvalue weighted by Crippen LogP contribution is 2.08. The van der Waals surface area contributed by atoms with Crippen LogP contribution in [0.2, 0.25) is 0 Å². The van der Waals surface area contributed by atoms with E-state index in [4.69, 9.17) is 0 Å². The van der Waals surface area contributed by atoms with Gasteiger partial charge in [-0.3, -0.25) is 9.79 Å². The monoisotopic (exact) mass is 318 g/mol. The van der Waals surface area contributed by atoms with Gasteiger partial charge in [-0.05, 0) is 52.3 Å². The van der Waals surface area contributed by atoms with Gasteiger partial charge in [0.25, 0.3) is 5.91 Å². The van der Waals surface area contributed by atoms with Crippen LogP contribution < -0.4 is 10.6 Å². The van der Waals surface area contributed by atoms with Gasteiger partial charge in [-0.1, -0.05) is 12.1 Å². The second kappa shape index (κ2) is 8.56. The van der Waals surface area contributed by atoms with Crippen molar-refractivity contribution in [3.63, 3.8) is 0 Å². The summed E-state index contributed by atoms with van der Waals surface area (Å²) in [6, 6.07) is 7.73. The summed E-state index contributed by atoms with van der Waals surface area (Å²) in [4.78, 5) is 18.3. The summed E-state index contributed by atoms with van der Waals surface area (Å²) in [6.45, 7) is 12.4. The maximum atomic E-state index is 12.3. The fraction of sp³-hybridized carbons (Fsp3) is 0.556. The first kappa shape index (κ1) is 19.0. The van der Waals surface area contributed by atoms with Gasteiger partial charge in [-0.2, -0.15) is 0 Å². The van der Waals surface area contributed by atoms with Crippen LogP contribution in [0.15, 0.2) is 29.3 Å². The molecule has 1 amide bonds. The number of carbonyl (C=O) groups excluding carboxylic acids is 1. The fourth-order valence-corrected chi connectivity index (χ4v) is 2.18. The molecule has 5 heteroatoms. The third-order valence-electron chi connectivity index (χ3n) is 3.43. The molecule has 0 aliphatic heterocycles. The number of nitrogens with zero attached hydrogens (tertiary/aromatic N) is 2. The minimum atomic E-state index is -0.0398. The summed E-state index contributed by atoms with van der Waals surface area (Å²) in [6.07, 6.45) is 0. The van der Waals surface area contributed by atoms with E-state index in [-0.39, 0.29) is 11.4 Å². The number of amides is 1. The van der Waals surface area contributed by atoms with E-state index in [0.717, 1.165) is 30.2 Å². The van der Waals surface area contributed by atoms with Crippen LogP contribution in [0.5, 0.6) is 0 Å². The predicted octanol–water partition coefficient (Wildman–Crippen LogP) is 2.63. The van der Waals surface area contributed by atoms with Gasteiger partial charge in [0.15, 0.2) is 5.96 Å². The zero-order valence-corrected chi connectivity index (χ0v) is 15.2. The molecule has 0 fully saturated rings.